The summed E-state index contributed by atoms with van der Waals surface area (Å²) in [5.74, 6) is -16.6. The number of phenols is 1. The van der Waals surface area contributed by atoms with Gasteiger partial charge in [-0.3, -0.25) is 81.5 Å². The first-order valence-corrected chi connectivity index (χ1v) is 47.8. The third-order valence-electron chi connectivity index (χ3n) is 24.9. The summed E-state index contributed by atoms with van der Waals surface area (Å²) in [6.07, 6.45) is 7.79. The van der Waals surface area contributed by atoms with Crippen LogP contribution in [0, 0.1) is 17.8 Å². The van der Waals surface area contributed by atoms with E-state index in [1.807, 2.05) is 54.8 Å². The van der Waals surface area contributed by atoms with E-state index < -0.39 is 217 Å². The second-order valence-electron chi connectivity index (χ2n) is 36.1. The number of thioether (sulfide) groups is 1. The number of benzene rings is 3. The number of H-pyrrole nitrogens is 2. The lowest BCUT2D eigenvalue weighted by Gasteiger charge is -2.36. The predicted octanol–water partition coefficient (Wildman–Crippen LogP) is 1.95. The summed E-state index contributed by atoms with van der Waals surface area (Å²) < 4.78 is 1.82. The molecule has 16 amide bonds. The molecule has 1 unspecified atom stereocenters. The third kappa shape index (κ3) is 30.1. The van der Waals surface area contributed by atoms with Gasteiger partial charge in [0, 0.05) is 131 Å². The van der Waals surface area contributed by atoms with Gasteiger partial charge < -0.3 is 108 Å². The second kappa shape index (κ2) is 51.1. The number of Topliss-reactive ketones (excluding diaryl/α,β-unsaturated/α-hetero) is 1. The van der Waals surface area contributed by atoms with Crippen LogP contribution in [0.15, 0.2) is 104 Å². The highest BCUT2D eigenvalue weighted by atomic mass is 32.2. The zero-order valence-electron chi connectivity index (χ0n) is 78.9. The third-order valence-corrected chi connectivity index (χ3v) is 25.9. The number of hydrogen-bond acceptors (Lipinski definition) is 21. The molecule has 0 spiro atoms. The molecule has 3 saturated heterocycles. The fraction of sp³-hybridized carbons (Fsp3) is 0.558. The maximum absolute atomic E-state index is 15.7. The van der Waals surface area contributed by atoms with Crippen molar-refractivity contribution in [2.24, 2.45) is 23.5 Å². The normalized spacial score (nSPS) is 24.4. The lowest BCUT2D eigenvalue weighted by Crippen LogP contribution is -2.60. The molecule has 0 aliphatic carbocycles. The van der Waals surface area contributed by atoms with Crippen LogP contribution in [0.5, 0.6) is 5.75 Å². The van der Waals surface area contributed by atoms with Crippen molar-refractivity contribution in [3.8, 4) is 5.75 Å². The van der Waals surface area contributed by atoms with E-state index >= 15 is 33.6 Å². The van der Waals surface area contributed by atoms with Crippen molar-refractivity contribution in [3.05, 3.63) is 121 Å². The van der Waals surface area contributed by atoms with E-state index in [1.54, 1.807) is 77.9 Å². The Morgan fingerprint density at radius 3 is 1.79 bits per heavy atom. The first-order valence-electron chi connectivity index (χ1n) is 46.6. The maximum atomic E-state index is 15.7. The fourth-order valence-electron chi connectivity index (χ4n) is 17.3. The predicted molar refractivity (Wildman–Crippen MR) is 504 cm³/mol. The van der Waals surface area contributed by atoms with Gasteiger partial charge in [-0.1, -0.05) is 123 Å². The number of nitrogens with one attached hydrogen (secondary N) is 12. The lowest BCUT2D eigenvalue weighted by molar-refractivity contribution is -0.149. The first kappa shape index (κ1) is 106. The number of amides is 16. The van der Waals surface area contributed by atoms with Crippen LogP contribution in [-0.4, -0.2) is 299 Å². The van der Waals surface area contributed by atoms with Crippen LogP contribution in [0.25, 0.3) is 21.8 Å². The minimum absolute atomic E-state index is 0.000212. The number of aromatic amines is 2. The van der Waals surface area contributed by atoms with E-state index in [1.165, 1.54) is 67.0 Å². The summed E-state index contributed by atoms with van der Waals surface area (Å²) in [5.41, 5.74) is 8.78. The number of primary amides is 1. The number of phenolic OH excluding ortho intramolecular Hbond substituents is 1. The molecule has 0 bridgehead atoms. The Balaban J connectivity index is 1.06. The Hall–Kier alpha value is -12.8. The Kier molecular flexibility index (Phi) is 40.1. The highest BCUT2D eigenvalue weighted by Crippen LogP contribution is 2.30. The summed E-state index contributed by atoms with van der Waals surface area (Å²) in [6, 6.07) is 3.24. The molecule has 0 radical (unpaired) electrons. The fourth-order valence-corrected chi connectivity index (χ4v) is 18.1. The highest BCUT2D eigenvalue weighted by Gasteiger charge is 2.46. The number of aryl methyl sites for hydroxylation is 1. The molecule has 734 valence electrons. The SMILES string of the molecule is CCCC[C@H]1C(=O)N(C)[C@@H](CCCC)C(=O)N[C@@H](CC(C)C)C(=O)N[C@H](C(=O)NCC(=O)NCCCn2ccnc2)CSCC(=O)N[C@@H](Cc2ccc(O)cc2)C(=O)N(C)[C@@H](C)C(=O)N[C@@H](CC(N)=O)C(=O)N2CCC[C@H]2C(=O)N[C@@H](CC)C(=O)N[C@@H](CC(C)C)C(=O)N2C[C@H](O)C[C@H]2C(=O)C[C@@H](Cc2c[nH]c3ccccc23)C(=O)NCC(=O)NC(Cc2c[nH]c3ccccc23)C(=O)N1C. The van der Waals surface area contributed by atoms with Gasteiger partial charge in [0.2, 0.25) is 94.5 Å². The zero-order chi connectivity index (χ0) is 98.4. The standard InChI is InChI=1S/C95H134N20O19S/c1-12-15-27-75-89(128)106-69(39-55(4)5)88(127)109-74(86(125)102-49-81(120)98-34-22-36-113-38-35-97-54-113)52-135-53-83(122)104-71(41-58-30-32-62(116)33-31-58)91(130)110(9)57(8)84(123)107-73(46-80(96)119)93(132)114-37-21-29-76(114)90(129)105-66(14-3)87(126)108-70(40-56(6)7)94(133)115-51-63(117)45-78(115)79(118)44-59(42-60-47-99-67-25-19-17-23-64(60)67)85(124)101-50-82(121)103-72(43-61-48-100-68-26-20-18-24-65(61)68)92(131)112(11)77(28-16-13-2)95(134)111(75)10/h17-20,23-26,30-33,35,38,47-48,54-57,59,63,66,69-78,99-100,116-117H,12-16,21-22,27-29,34,36-37,39-46,49-53H2,1-11H3,(H2,96,119)(H,98,120)(H,101,124)(H,102,125)(H,103,121)(H,104,122)(H,105,129)(H,106,128)(H,107,123)(H,108,126)(H,109,127)/t57-,59+,63+,66-,69-,70-,71-,72?,73-,74-,75-,76-,77-,78-/m0/s1. The summed E-state index contributed by atoms with van der Waals surface area (Å²) >= 11 is 0.836. The van der Waals surface area contributed by atoms with Crippen LogP contribution >= 0.6 is 11.8 Å². The molecule has 3 aliphatic rings. The summed E-state index contributed by atoms with van der Waals surface area (Å²) in [5, 5.41) is 50.3. The number of ketones is 1. The number of imidazole rings is 1. The molecular weight excluding hydrogens is 1760 g/mol. The molecule has 135 heavy (non-hydrogen) atoms. The molecule has 3 aromatic heterocycles. The number of aromatic hydroxyl groups is 1. The molecule has 3 aromatic carbocycles. The van der Waals surface area contributed by atoms with Crippen molar-refractivity contribution in [1.29, 1.82) is 0 Å². The number of hydrogen-bond donors (Lipinski definition) is 15. The molecule has 6 heterocycles. The number of fused-ring (bicyclic) bond motifs is 4. The topological polar surface area (TPSA) is 543 Å². The minimum Gasteiger partial charge on any atom is -0.508 e. The monoisotopic (exact) mass is 1890 g/mol. The quantitative estimate of drug-likeness (QED) is 0.0345. The second-order valence-corrected chi connectivity index (χ2v) is 37.2. The summed E-state index contributed by atoms with van der Waals surface area (Å²) in [4.78, 5) is 267. The van der Waals surface area contributed by atoms with Gasteiger partial charge in [0.25, 0.3) is 0 Å². The number of para-hydroxylation sites is 2. The highest BCUT2D eigenvalue weighted by molar-refractivity contribution is 8.00. The van der Waals surface area contributed by atoms with Gasteiger partial charge in [0.1, 0.15) is 72.2 Å². The van der Waals surface area contributed by atoms with Crippen LogP contribution in [0.1, 0.15) is 168 Å². The molecule has 14 atom stereocenters. The molecule has 16 N–H and O–H groups in total. The first-order chi connectivity index (χ1) is 64.4. The van der Waals surface area contributed by atoms with Crippen molar-refractivity contribution in [1.82, 2.24) is 97.2 Å². The molecule has 3 fully saturated rings. The average molecular weight is 1890 g/mol. The maximum Gasteiger partial charge on any atom is 0.246 e. The lowest BCUT2D eigenvalue weighted by atomic mass is 9.90. The van der Waals surface area contributed by atoms with Gasteiger partial charge in [-0.2, -0.15) is 0 Å². The molecule has 6 aromatic rings. The van der Waals surface area contributed by atoms with Crippen molar-refractivity contribution in [2.45, 2.75) is 256 Å². The van der Waals surface area contributed by atoms with Crippen LogP contribution in [0.3, 0.4) is 0 Å². The van der Waals surface area contributed by atoms with Gasteiger partial charge in [0.05, 0.1) is 43.7 Å². The van der Waals surface area contributed by atoms with Crippen LogP contribution in [0.2, 0.25) is 0 Å². The Bertz CT molecular complexity index is 5140. The van der Waals surface area contributed by atoms with E-state index in [9.17, 15) is 58.2 Å². The van der Waals surface area contributed by atoms with Gasteiger partial charge >= 0.3 is 0 Å². The van der Waals surface area contributed by atoms with E-state index in [0.29, 0.717) is 71.8 Å². The number of carbonyl (C=O) groups excluding carboxylic acids is 17. The van der Waals surface area contributed by atoms with Gasteiger partial charge in [-0.25, -0.2) is 4.98 Å². The smallest absolute Gasteiger partial charge is 0.246 e. The molecule has 9 rings (SSSR count). The van der Waals surface area contributed by atoms with E-state index in [-0.39, 0.29) is 114 Å². The number of unbranched alkanes of at least 4 members (excludes halogenated alkanes) is 2. The Morgan fingerprint density at radius 2 is 1.16 bits per heavy atom. The average Bonchev–Trinajstić information content (AvgIpc) is 1.66. The van der Waals surface area contributed by atoms with Crippen LogP contribution in [0.4, 0.5) is 0 Å². The number of carbonyl (C=O) groups is 17. The van der Waals surface area contributed by atoms with E-state index in [0.717, 1.165) is 26.9 Å². The summed E-state index contributed by atoms with van der Waals surface area (Å²) in [6.45, 7) is 12.8. The van der Waals surface area contributed by atoms with Crippen molar-refractivity contribution >= 4 is 134 Å². The number of likely N-dealkylation sites (N-methyl/N-ethyl adjacent to an activating group) is 3. The number of rotatable bonds is 26. The van der Waals surface area contributed by atoms with Crippen molar-refractivity contribution in [3.63, 3.8) is 0 Å². The zero-order valence-corrected chi connectivity index (χ0v) is 79.7. The number of nitrogens with two attached hydrogens (primary N) is 1. The number of aliphatic hydroxyl groups is 1. The summed E-state index contributed by atoms with van der Waals surface area (Å²) in [7, 11) is 4.09. The van der Waals surface area contributed by atoms with Crippen molar-refractivity contribution < 1.29 is 91.7 Å². The number of nitrogens with zero attached hydrogens (tertiary/aromatic N) is 7. The van der Waals surface area contributed by atoms with Gasteiger partial charge in [0.15, 0.2) is 5.78 Å². The molecule has 40 heteroatoms. The Morgan fingerprint density at radius 1 is 0.585 bits per heavy atom. The van der Waals surface area contributed by atoms with Gasteiger partial charge in [-0.05, 0) is 118 Å². The van der Waals surface area contributed by atoms with E-state index in [2.05, 4.69) is 68.1 Å². The van der Waals surface area contributed by atoms with Crippen molar-refractivity contribution in [2.75, 3.05) is 65.4 Å². The molecule has 0 saturated carbocycles. The van der Waals surface area contributed by atoms with E-state index in [4.69, 9.17) is 5.73 Å². The minimum atomic E-state index is -1.73. The van der Waals surface area contributed by atoms with Crippen LogP contribution < -0.4 is 58.9 Å². The largest absolute Gasteiger partial charge is 0.508 e. The number of aliphatic hydroxyl groups excluding tert-OH is 1. The Labute approximate surface area is 790 Å². The van der Waals surface area contributed by atoms with Gasteiger partial charge in [-0.15, -0.1) is 11.8 Å². The molecule has 3 aliphatic heterocycles. The molecular formula is C95H134N20O19S. The number of aromatic nitrogens is 4. The molecule has 39 nitrogen and oxygen atoms in total. The van der Waals surface area contributed by atoms with Crippen LogP contribution in [-0.2, 0) is 107 Å².